The summed E-state index contributed by atoms with van der Waals surface area (Å²) in [4.78, 5) is 17.0. The van der Waals surface area contributed by atoms with Crippen LogP contribution in [0.25, 0.3) is 55.8 Å². The van der Waals surface area contributed by atoms with Crippen molar-refractivity contribution in [2.24, 2.45) is 5.92 Å². The van der Waals surface area contributed by atoms with E-state index >= 15 is 4.39 Å². The Balaban J connectivity index is 1.21. The third-order valence-corrected chi connectivity index (χ3v) is 9.55. The monoisotopic (exact) mass is 641 g/mol. The van der Waals surface area contributed by atoms with Crippen LogP contribution in [0.2, 0.25) is 0 Å². The number of benzene rings is 2. The molecule has 0 unspecified atom stereocenters. The molecule has 0 atom stereocenters. The summed E-state index contributed by atoms with van der Waals surface area (Å²) in [7, 11) is -3.22. The third kappa shape index (κ3) is 6.40. The Bertz CT molecular complexity index is 2170. The van der Waals surface area contributed by atoms with Gasteiger partial charge in [-0.3, -0.25) is 15.1 Å². The van der Waals surface area contributed by atoms with Crippen molar-refractivity contribution in [1.82, 2.24) is 35.5 Å². The van der Waals surface area contributed by atoms with Crippen LogP contribution in [-0.2, 0) is 22.8 Å². The summed E-state index contributed by atoms with van der Waals surface area (Å²) in [6.07, 6.45) is 11.6. The number of imidazole rings is 1. The maximum atomic E-state index is 15.4. The number of hydrogen-bond acceptors (Lipinski definition) is 7. The smallest absolute Gasteiger partial charge is 0.157 e. The zero-order valence-corrected chi connectivity index (χ0v) is 26.1. The number of aryl methyl sites for hydroxylation is 1. The van der Waals surface area contributed by atoms with Crippen LogP contribution in [0.5, 0.6) is 0 Å². The number of hydrogen-bond donors (Lipinski definition) is 3. The normalized spacial score (nSPS) is 14.2. The molecule has 0 aliphatic heterocycles. The number of nitrogens with one attached hydrogen (secondary N) is 3. The van der Waals surface area contributed by atoms with E-state index in [9.17, 15) is 12.8 Å². The van der Waals surface area contributed by atoms with Crippen LogP contribution in [0, 0.1) is 17.6 Å². The van der Waals surface area contributed by atoms with Crippen LogP contribution in [0.3, 0.4) is 0 Å². The molecule has 9 nitrogen and oxygen atoms in total. The molecule has 236 valence electrons. The first kappa shape index (κ1) is 30.1. The van der Waals surface area contributed by atoms with Crippen molar-refractivity contribution < 1.29 is 17.2 Å². The van der Waals surface area contributed by atoms with E-state index in [4.69, 9.17) is 4.98 Å². The SMILES string of the molecule is CS(=O)(=O)CCc1cc(F)cc(-c2nccc3[nH]c(-c4[nH]nc5c(F)cc(-c6cncc(CNCC7CCCC7)c6)cc45)nc23)c1. The van der Waals surface area contributed by atoms with Crippen LogP contribution in [0.1, 0.15) is 36.8 Å². The van der Waals surface area contributed by atoms with Crippen LogP contribution in [-0.4, -0.2) is 57.1 Å². The molecule has 6 aromatic rings. The molecule has 3 N–H and O–H groups in total. The number of halogens is 2. The van der Waals surface area contributed by atoms with Crippen molar-refractivity contribution >= 4 is 31.8 Å². The fourth-order valence-corrected chi connectivity index (χ4v) is 6.91. The Morgan fingerprint density at radius 1 is 0.957 bits per heavy atom. The molecule has 0 saturated heterocycles. The van der Waals surface area contributed by atoms with Crippen molar-refractivity contribution in [3.8, 4) is 33.9 Å². The van der Waals surface area contributed by atoms with Crippen molar-refractivity contribution in [3.63, 3.8) is 0 Å². The van der Waals surface area contributed by atoms with Gasteiger partial charge in [-0.2, -0.15) is 5.10 Å². The molecule has 12 heteroatoms. The first-order valence-corrected chi connectivity index (χ1v) is 17.4. The summed E-state index contributed by atoms with van der Waals surface area (Å²) in [5.74, 6) is 0.0832. The molecule has 46 heavy (non-hydrogen) atoms. The fourth-order valence-electron chi connectivity index (χ4n) is 6.30. The molecule has 1 saturated carbocycles. The van der Waals surface area contributed by atoms with E-state index in [1.165, 1.54) is 43.9 Å². The van der Waals surface area contributed by atoms with E-state index in [0.29, 0.717) is 56.9 Å². The lowest BCUT2D eigenvalue weighted by Gasteiger charge is -2.11. The molecule has 0 bridgehead atoms. The van der Waals surface area contributed by atoms with Crippen molar-refractivity contribution in [2.75, 3.05) is 18.6 Å². The second-order valence-electron chi connectivity index (χ2n) is 12.2. The highest BCUT2D eigenvalue weighted by Gasteiger charge is 2.19. The first-order valence-electron chi connectivity index (χ1n) is 15.4. The molecule has 0 spiro atoms. The summed E-state index contributed by atoms with van der Waals surface area (Å²) >= 11 is 0. The van der Waals surface area contributed by atoms with Gasteiger partial charge in [0, 0.05) is 47.9 Å². The van der Waals surface area contributed by atoms with Gasteiger partial charge in [-0.1, -0.05) is 12.8 Å². The third-order valence-electron chi connectivity index (χ3n) is 8.61. The molecule has 0 radical (unpaired) electrons. The lowest BCUT2D eigenvalue weighted by Crippen LogP contribution is -2.20. The number of aromatic nitrogens is 6. The van der Waals surface area contributed by atoms with Gasteiger partial charge in [-0.25, -0.2) is 22.2 Å². The zero-order chi connectivity index (χ0) is 31.8. The van der Waals surface area contributed by atoms with Crippen LogP contribution >= 0.6 is 0 Å². The quantitative estimate of drug-likeness (QED) is 0.158. The van der Waals surface area contributed by atoms with Crippen LogP contribution < -0.4 is 5.32 Å². The highest BCUT2D eigenvalue weighted by Crippen LogP contribution is 2.34. The van der Waals surface area contributed by atoms with Gasteiger partial charge in [0.05, 0.1) is 17.0 Å². The first-order chi connectivity index (χ1) is 22.2. The molecule has 1 aliphatic rings. The highest BCUT2D eigenvalue weighted by molar-refractivity contribution is 7.90. The van der Waals surface area contributed by atoms with E-state index < -0.39 is 21.5 Å². The van der Waals surface area contributed by atoms with E-state index in [1.54, 1.807) is 24.5 Å². The van der Waals surface area contributed by atoms with Crippen LogP contribution in [0.15, 0.2) is 61.1 Å². The van der Waals surface area contributed by atoms with Crippen molar-refractivity contribution in [3.05, 3.63) is 83.8 Å². The number of aromatic amines is 2. The van der Waals surface area contributed by atoms with Crippen molar-refractivity contribution in [1.29, 1.82) is 0 Å². The Labute approximate surface area is 264 Å². The lowest BCUT2D eigenvalue weighted by atomic mass is 10.0. The molecule has 1 aliphatic carbocycles. The lowest BCUT2D eigenvalue weighted by molar-refractivity contribution is 0.489. The number of pyridine rings is 2. The summed E-state index contributed by atoms with van der Waals surface area (Å²) in [5.41, 5.74) is 5.73. The van der Waals surface area contributed by atoms with Gasteiger partial charge in [-0.15, -0.1) is 0 Å². The van der Waals surface area contributed by atoms with Crippen molar-refractivity contribution in [2.45, 2.75) is 38.6 Å². The fraction of sp³-hybridized carbons (Fsp3) is 0.294. The summed E-state index contributed by atoms with van der Waals surface area (Å²) in [6.45, 7) is 1.68. The minimum absolute atomic E-state index is 0.0941. The summed E-state index contributed by atoms with van der Waals surface area (Å²) in [6, 6.07) is 11.5. The number of sulfone groups is 1. The molecular formula is C34H33F2N7O2S. The highest BCUT2D eigenvalue weighted by atomic mass is 32.2. The Morgan fingerprint density at radius 3 is 2.61 bits per heavy atom. The van der Waals surface area contributed by atoms with Gasteiger partial charge in [0.2, 0.25) is 0 Å². The van der Waals surface area contributed by atoms with Gasteiger partial charge >= 0.3 is 0 Å². The van der Waals surface area contributed by atoms with E-state index in [1.807, 2.05) is 18.3 Å². The zero-order valence-electron chi connectivity index (χ0n) is 25.3. The van der Waals surface area contributed by atoms with Gasteiger partial charge < -0.3 is 10.3 Å². The second-order valence-corrected chi connectivity index (χ2v) is 14.4. The van der Waals surface area contributed by atoms with E-state index in [0.717, 1.165) is 29.8 Å². The molecule has 7 rings (SSSR count). The summed E-state index contributed by atoms with van der Waals surface area (Å²) in [5, 5.41) is 11.3. The molecule has 4 aromatic heterocycles. The van der Waals surface area contributed by atoms with E-state index in [-0.39, 0.29) is 17.7 Å². The van der Waals surface area contributed by atoms with Gasteiger partial charge in [0.15, 0.2) is 11.6 Å². The predicted octanol–water partition coefficient (Wildman–Crippen LogP) is 6.38. The minimum atomic E-state index is -3.22. The molecule has 0 amide bonds. The topological polar surface area (TPSA) is 129 Å². The van der Waals surface area contributed by atoms with Crippen LogP contribution in [0.4, 0.5) is 8.78 Å². The average Bonchev–Trinajstić information content (AvgIpc) is 3.79. The van der Waals surface area contributed by atoms with E-state index in [2.05, 4.69) is 30.5 Å². The largest absolute Gasteiger partial charge is 0.337 e. The minimum Gasteiger partial charge on any atom is -0.337 e. The standard InChI is InChI=1S/C34H33F2N7O2S/c1-46(44,45)9-7-21-10-24(13-26(35)12-21)30-33-29(6-8-39-30)40-34(41-33)32-27-14-23(15-28(36)31(27)42-43-32)25-11-22(18-38-19-25)17-37-16-20-4-2-3-5-20/h6,8,10-15,18-20,37H,2-5,7,9,16-17H2,1H3,(H,40,41)(H,42,43). The molecule has 1 fully saturated rings. The maximum absolute atomic E-state index is 15.4. The number of nitrogens with zero attached hydrogens (tertiary/aromatic N) is 4. The Hall–Kier alpha value is -4.55. The van der Waals surface area contributed by atoms with Gasteiger partial charge in [-0.05, 0) is 90.9 Å². The molecule has 4 heterocycles. The second kappa shape index (κ2) is 12.3. The summed E-state index contributed by atoms with van der Waals surface area (Å²) < 4.78 is 53.4. The number of H-pyrrole nitrogens is 2. The number of fused-ring (bicyclic) bond motifs is 2. The predicted molar refractivity (Wildman–Crippen MR) is 175 cm³/mol. The van der Waals surface area contributed by atoms with Gasteiger partial charge in [0.1, 0.15) is 32.4 Å². The maximum Gasteiger partial charge on any atom is 0.157 e. The molecule has 2 aromatic carbocycles. The Kier molecular flexibility index (Phi) is 8.07. The van der Waals surface area contributed by atoms with Gasteiger partial charge in [0.25, 0.3) is 0 Å². The number of rotatable bonds is 10. The molecular weight excluding hydrogens is 608 g/mol. The average molecular weight is 642 g/mol. The Morgan fingerprint density at radius 2 is 1.78 bits per heavy atom.